The number of rotatable bonds is 4. The van der Waals surface area contributed by atoms with Gasteiger partial charge in [-0.2, -0.15) is 0 Å². The Morgan fingerprint density at radius 1 is 1.36 bits per heavy atom. The Hall–Kier alpha value is -1.95. The molecule has 0 aromatic heterocycles. The summed E-state index contributed by atoms with van der Waals surface area (Å²) < 4.78 is 16.0. The molecule has 1 unspecified atom stereocenters. The zero-order chi connectivity index (χ0) is 16.3. The lowest BCUT2D eigenvalue weighted by Gasteiger charge is -2.37. The van der Waals surface area contributed by atoms with E-state index in [1.807, 2.05) is 13.0 Å². The summed E-state index contributed by atoms with van der Waals surface area (Å²) in [7, 11) is 4.68. The summed E-state index contributed by atoms with van der Waals surface area (Å²) in [5, 5.41) is 0. The lowest BCUT2D eigenvalue weighted by molar-refractivity contribution is 0.0983. The van der Waals surface area contributed by atoms with Gasteiger partial charge >= 0.3 is 6.09 Å². The third-order valence-electron chi connectivity index (χ3n) is 4.21. The van der Waals surface area contributed by atoms with Gasteiger partial charge in [-0.3, -0.25) is 0 Å². The van der Waals surface area contributed by atoms with Gasteiger partial charge in [0.1, 0.15) is 11.5 Å². The largest absolute Gasteiger partial charge is 0.496 e. The summed E-state index contributed by atoms with van der Waals surface area (Å²) in [5.41, 5.74) is 8.82. The Bertz CT molecular complexity index is 560. The van der Waals surface area contributed by atoms with Gasteiger partial charge in [-0.1, -0.05) is 6.92 Å². The highest BCUT2D eigenvalue weighted by Crippen LogP contribution is 2.44. The fourth-order valence-corrected chi connectivity index (χ4v) is 3.26. The molecule has 1 aromatic carbocycles. The minimum absolute atomic E-state index is 0.0909. The summed E-state index contributed by atoms with van der Waals surface area (Å²) in [5.74, 6) is 1.55. The second-order valence-corrected chi connectivity index (χ2v) is 5.21. The monoisotopic (exact) mass is 308 g/mol. The summed E-state index contributed by atoms with van der Waals surface area (Å²) in [4.78, 5) is 13.8. The molecule has 2 rings (SSSR count). The van der Waals surface area contributed by atoms with Crippen LogP contribution < -0.4 is 15.2 Å². The highest BCUT2D eigenvalue weighted by Gasteiger charge is 2.35. The number of hydrogen-bond acceptors (Lipinski definition) is 5. The van der Waals surface area contributed by atoms with E-state index in [1.54, 1.807) is 19.1 Å². The molecule has 1 aliphatic rings. The van der Waals surface area contributed by atoms with Crippen molar-refractivity contribution in [2.24, 2.45) is 5.73 Å². The number of nitrogens with zero attached hydrogens (tertiary/aromatic N) is 1. The number of carbonyl (C=O) groups is 1. The molecule has 1 heterocycles. The molecule has 0 bridgehead atoms. The minimum Gasteiger partial charge on any atom is -0.496 e. The van der Waals surface area contributed by atoms with Crippen molar-refractivity contribution in [2.75, 3.05) is 27.9 Å². The molecule has 1 aliphatic heterocycles. The molecule has 0 spiro atoms. The van der Waals surface area contributed by atoms with Gasteiger partial charge in [-0.15, -0.1) is 0 Å². The maximum Gasteiger partial charge on any atom is 0.410 e. The molecule has 122 valence electrons. The number of nitrogens with two attached hydrogens (primary N) is 1. The Labute approximate surface area is 131 Å². The third kappa shape index (κ3) is 2.59. The van der Waals surface area contributed by atoms with E-state index in [4.69, 9.17) is 19.9 Å². The van der Waals surface area contributed by atoms with Gasteiger partial charge in [0.05, 0.1) is 27.4 Å². The second kappa shape index (κ2) is 6.87. The predicted octanol–water partition coefficient (Wildman–Crippen LogP) is 2.24. The van der Waals surface area contributed by atoms with E-state index in [0.717, 1.165) is 34.6 Å². The normalized spacial score (nSPS) is 17.0. The van der Waals surface area contributed by atoms with E-state index in [1.165, 1.54) is 7.11 Å². The molecular weight excluding hydrogens is 284 g/mol. The first-order chi connectivity index (χ1) is 10.6. The smallest absolute Gasteiger partial charge is 0.410 e. The standard InChI is InChI=1S/C16H24N2O4/c1-5-12-14-11(6-7-18(12)16(19)22-4)15(21-3)10(9-17)8-13(14)20-2/h8,12H,5-7,9,17H2,1-4H3. The third-order valence-corrected chi connectivity index (χ3v) is 4.21. The predicted molar refractivity (Wildman–Crippen MR) is 83.3 cm³/mol. The van der Waals surface area contributed by atoms with Crippen LogP contribution in [0.4, 0.5) is 4.79 Å². The van der Waals surface area contributed by atoms with Crippen LogP contribution >= 0.6 is 0 Å². The number of benzene rings is 1. The molecule has 6 heteroatoms. The van der Waals surface area contributed by atoms with Crippen molar-refractivity contribution in [3.8, 4) is 11.5 Å². The first-order valence-corrected chi connectivity index (χ1v) is 7.44. The maximum absolute atomic E-state index is 12.0. The maximum atomic E-state index is 12.0. The minimum atomic E-state index is -0.318. The van der Waals surface area contributed by atoms with Gasteiger partial charge in [0.25, 0.3) is 0 Å². The van der Waals surface area contributed by atoms with E-state index in [9.17, 15) is 4.79 Å². The van der Waals surface area contributed by atoms with E-state index in [0.29, 0.717) is 19.5 Å². The highest BCUT2D eigenvalue weighted by molar-refractivity contribution is 5.70. The molecule has 0 aliphatic carbocycles. The van der Waals surface area contributed by atoms with Crippen molar-refractivity contribution >= 4 is 6.09 Å². The van der Waals surface area contributed by atoms with Gasteiger partial charge in [-0.05, 0) is 18.9 Å². The van der Waals surface area contributed by atoms with Crippen molar-refractivity contribution < 1.29 is 19.0 Å². The molecule has 0 saturated carbocycles. The van der Waals surface area contributed by atoms with Crippen molar-refractivity contribution in [2.45, 2.75) is 32.4 Å². The SMILES string of the molecule is CCC1c2c(OC)cc(CN)c(OC)c2CCN1C(=O)OC. The Morgan fingerprint density at radius 2 is 2.09 bits per heavy atom. The van der Waals surface area contributed by atoms with Crippen molar-refractivity contribution in [3.63, 3.8) is 0 Å². The molecule has 1 amide bonds. The van der Waals surface area contributed by atoms with Crippen LogP contribution in [-0.4, -0.2) is 38.9 Å². The second-order valence-electron chi connectivity index (χ2n) is 5.21. The quantitative estimate of drug-likeness (QED) is 0.923. The summed E-state index contributed by atoms with van der Waals surface area (Å²) in [6, 6.07) is 1.81. The molecule has 1 atom stereocenters. The van der Waals surface area contributed by atoms with Gasteiger partial charge in [0.15, 0.2) is 0 Å². The lowest BCUT2D eigenvalue weighted by Crippen LogP contribution is -2.40. The van der Waals surface area contributed by atoms with Crippen molar-refractivity contribution in [1.82, 2.24) is 4.90 Å². The van der Waals surface area contributed by atoms with E-state index < -0.39 is 0 Å². The van der Waals surface area contributed by atoms with Gasteiger partial charge < -0.3 is 24.8 Å². The van der Waals surface area contributed by atoms with Crippen LogP contribution in [0.15, 0.2) is 6.07 Å². The average molecular weight is 308 g/mol. The fourth-order valence-electron chi connectivity index (χ4n) is 3.26. The van der Waals surface area contributed by atoms with Crippen LogP contribution in [0.1, 0.15) is 36.1 Å². The molecule has 22 heavy (non-hydrogen) atoms. The number of methoxy groups -OCH3 is 3. The van der Waals surface area contributed by atoms with Crippen LogP contribution in [0, 0.1) is 0 Å². The Balaban J connectivity index is 2.62. The van der Waals surface area contributed by atoms with Gasteiger partial charge in [-0.25, -0.2) is 4.79 Å². The van der Waals surface area contributed by atoms with Crippen LogP contribution in [-0.2, 0) is 17.7 Å². The summed E-state index contributed by atoms with van der Waals surface area (Å²) >= 11 is 0. The molecule has 0 fully saturated rings. The number of hydrogen-bond donors (Lipinski definition) is 1. The van der Waals surface area contributed by atoms with Crippen molar-refractivity contribution in [1.29, 1.82) is 0 Å². The first-order valence-electron chi connectivity index (χ1n) is 7.44. The van der Waals surface area contributed by atoms with Crippen LogP contribution in [0.2, 0.25) is 0 Å². The van der Waals surface area contributed by atoms with Gasteiger partial charge in [0.2, 0.25) is 0 Å². The first kappa shape index (κ1) is 16.4. The zero-order valence-electron chi connectivity index (χ0n) is 13.6. The number of carbonyl (C=O) groups excluding carboxylic acids is 1. The topological polar surface area (TPSA) is 74.0 Å². The van der Waals surface area contributed by atoms with Crippen LogP contribution in [0.25, 0.3) is 0 Å². The molecule has 2 N–H and O–H groups in total. The van der Waals surface area contributed by atoms with Crippen molar-refractivity contribution in [3.05, 3.63) is 22.8 Å². The molecular formula is C16H24N2O4. The fraction of sp³-hybridized carbons (Fsp3) is 0.562. The van der Waals surface area contributed by atoms with E-state index >= 15 is 0 Å². The van der Waals surface area contributed by atoms with E-state index in [-0.39, 0.29) is 12.1 Å². The Morgan fingerprint density at radius 3 is 2.59 bits per heavy atom. The van der Waals surface area contributed by atoms with Crippen LogP contribution in [0.3, 0.4) is 0 Å². The molecule has 0 saturated heterocycles. The van der Waals surface area contributed by atoms with Crippen LogP contribution in [0.5, 0.6) is 11.5 Å². The average Bonchev–Trinajstić information content (AvgIpc) is 2.57. The summed E-state index contributed by atoms with van der Waals surface area (Å²) in [6.45, 7) is 3.01. The number of fused-ring (bicyclic) bond motifs is 1. The van der Waals surface area contributed by atoms with E-state index in [2.05, 4.69) is 0 Å². The zero-order valence-corrected chi connectivity index (χ0v) is 13.6. The molecule has 1 aromatic rings. The molecule has 0 radical (unpaired) electrons. The summed E-state index contributed by atoms with van der Waals surface area (Å²) in [6.07, 6.45) is 1.14. The Kier molecular flexibility index (Phi) is 5.13. The number of amides is 1. The highest BCUT2D eigenvalue weighted by atomic mass is 16.5. The molecule has 6 nitrogen and oxygen atoms in total. The number of ether oxygens (including phenoxy) is 3. The lowest BCUT2D eigenvalue weighted by atomic mass is 9.88. The van der Waals surface area contributed by atoms with Gasteiger partial charge in [0, 0.05) is 29.8 Å².